The van der Waals surface area contributed by atoms with E-state index in [0.717, 1.165) is 0 Å². The first-order valence-corrected chi connectivity index (χ1v) is 11.9. The smallest absolute Gasteiger partial charge is 0.343 e. The standard InChI is InChI=1S/C21H21ClN4O6S/c1-3-32-21(28)16-8-14(9-23)18(24-20(16)31-2)26-10-15(11-26)19(27)25-33(29,30)12-13-6-4-5-7-17(13)22/h4-8,15H,3,10-12H2,1-2H3,(H,25,27). The van der Waals surface area contributed by atoms with Crippen molar-refractivity contribution in [2.45, 2.75) is 12.7 Å². The fraction of sp³-hybridized carbons (Fsp3) is 0.333. The van der Waals surface area contributed by atoms with Gasteiger partial charge in [-0.05, 0) is 24.6 Å². The van der Waals surface area contributed by atoms with Crippen LogP contribution >= 0.6 is 11.6 Å². The second-order valence-corrected chi connectivity index (χ2v) is 9.30. The molecular formula is C21H21ClN4O6S. The van der Waals surface area contributed by atoms with Crippen molar-refractivity contribution >= 4 is 39.3 Å². The fourth-order valence-electron chi connectivity index (χ4n) is 3.23. The number of methoxy groups -OCH3 is 1. The predicted octanol–water partition coefficient (Wildman–Crippen LogP) is 1.87. The molecule has 0 saturated carbocycles. The molecule has 1 aromatic heterocycles. The number of aromatic nitrogens is 1. The number of esters is 1. The third-order valence-electron chi connectivity index (χ3n) is 4.89. The van der Waals surface area contributed by atoms with Gasteiger partial charge in [-0.15, -0.1) is 0 Å². The molecule has 10 nitrogen and oxygen atoms in total. The van der Waals surface area contributed by atoms with E-state index in [1.165, 1.54) is 13.2 Å². The van der Waals surface area contributed by atoms with E-state index in [4.69, 9.17) is 21.1 Å². The molecule has 1 N–H and O–H groups in total. The minimum atomic E-state index is -3.95. The van der Waals surface area contributed by atoms with Gasteiger partial charge >= 0.3 is 5.97 Å². The number of amides is 1. The summed E-state index contributed by atoms with van der Waals surface area (Å²) in [5, 5.41) is 9.79. The molecule has 1 aliphatic rings. The largest absolute Gasteiger partial charge is 0.480 e. The van der Waals surface area contributed by atoms with E-state index in [9.17, 15) is 23.3 Å². The van der Waals surface area contributed by atoms with Crippen LogP contribution < -0.4 is 14.4 Å². The Morgan fingerprint density at radius 2 is 2.03 bits per heavy atom. The Morgan fingerprint density at radius 3 is 2.64 bits per heavy atom. The molecule has 174 valence electrons. The maximum absolute atomic E-state index is 12.5. The summed E-state index contributed by atoms with van der Waals surface area (Å²) in [6, 6.07) is 9.76. The highest BCUT2D eigenvalue weighted by molar-refractivity contribution is 7.89. The molecule has 2 heterocycles. The summed E-state index contributed by atoms with van der Waals surface area (Å²) >= 11 is 6.00. The number of nitrogens with zero attached hydrogens (tertiary/aromatic N) is 3. The van der Waals surface area contributed by atoms with Gasteiger partial charge in [-0.3, -0.25) is 9.52 Å². The normalized spacial score (nSPS) is 13.6. The molecule has 0 aliphatic carbocycles. The number of rotatable bonds is 8. The van der Waals surface area contributed by atoms with Crippen LogP contribution in [0.5, 0.6) is 5.88 Å². The molecule has 0 bridgehead atoms. The summed E-state index contributed by atoms with van der Waals surface area (Å²) in [6.45, 7) is 2.07. The molecule has 1 amide bonds. The minimum absolute atomic E-state index is 0.0140. The number of nitriles is 1. The van der Waals surface area contributed by atoms with E-state index in [1.54, 1.807) is 36.1 Å². The molecular weight excluding hydrogens is 472 g/mol. The number of benzene rings is 1. The van der Waals surface area contributed by atoms with E-state index < -0.39 is 33.6 Å². The van der Waals surface area contributed by atoms with E-state index in [0.29, 0.717) is 10.6 Å². The number of ether oxygens (including phenoxy) is 2. The first kappa shape index (κ1) is 24.3. The van der Waals surface area contributed by atoms with Gasteiger partial charge in [-0.1, -0.05) is 29.8 Å². The summed E-state index contributed by atoms with van der Waals surface area (Å²) in [5.74, 6) is -2.18. The van der Waals surface area contributed by atoms with Crippen LogP contribution in [0.25, 0.3) is 0 Å². The summed E-state index contributed by atoms with van der Waals surface area (Å²) < 4.78 is 36.9. The number of hydrogen-bond acceptors (Lipinski definition) is 9. The molecule has 2 aromatic rings. The molecule has 0 atom stereocenters. The van der Waals surface area contributed by atoms with Crippen LogP contribution in [0.4, 0.5) is 5.82 Å². The maximum Gasteiger partial charge on any atom is 0.343 e. The topological polar surface area (TPSA) is 139 Å². The molecule has 0 radical (unpaired) electrons. The molecule has 1 fully saturated rings. The highest BCUT2D eigenvalue weighted by Gasteiger charge is 2.37. The number of nitrogens with one attached hydrogen (secondary N) is 1. The average Bonchev–Trinajstić information content (AvgIpc) is 2.73. The monoisotopic (exact) mass is 492 g/mol. The third kappa shape index (κ3) is 5.53. The number of carbonyl (C=O) groups excluding carboxylic acids is 2. The van der Waals surface area contributed by atoms with Gasteiger partial charge in [0.25, 0.3) is 0 Å². The number of hydrogen-bond donors (Lipinski definition) is 1. The van der Waals surface area contributed by atoms with Crippen molar-refractivity contribution in [3.63, 3.8) is 0 Å². The Kier molecular flexibility index (Phi) is 7.40. The third-order valence-corrected chi connectivity index (χ3v) is 6.46. The van der Waals surface area contributed by atoms with Crippen molar-refractivity contribution in [1.82, 2.24) is 9.71 Å². The predicted molar refractivity (Wildman–Crippen MR) is 119 cm³/mol. The van der Waals surface area contributed by atoms with Gasteiger partial charge in [-0.25, -0.2) is 13.2 Å². The summed E-state index contributed by atoms with van der Waals surface area (Å²) in [6.07, 6.45) is 0. The van der Waals surface area contributed by atoms with E-state index >= 15 is 0 Å². The van der Waals surface area contributed by atoms with Crippen molar-refractivity contribution in [3.05, 3.63) is 52.0 Å². The lowest BCUT2D eigenvalue weighted by Gasteiger charge is -2.39. The lowest BCUT2D eigenvalue weighted by atomic mass is 9.98. The van der Waals surface area contributed by atoms with Crippen molar-refractivity contribution < 1.29 is 27.5 Å². The molecule has 12 heteroatoms. The van der Waals surface area contributed by atoms with Crippen molar-refractivity contribution in [2.24, 2.45) is 5.92 Å². The average molecular weight is 493 g/mol. The Labute approximate surface area is 196 Å². The molecule has 0 spiro atoms. The van der Waals surface area contributed by atoms with Gasteiger partial charge in [0.15, 0.2) is 5.82 Å². The van der Waals surface area contributed by atoms with Gasteiger partial charge in [-0.2, -0.15) is 10.2 Å². The molecule has 1 aliphatic heterocycles. The Hall–Kier alpha value is -3.36. The number of anilines is 1. The first-order chi connectivity index (χ1) is 15.7. The van der Waals surface area contributed by atoms with Crippen LogP contribution in [-0.4, -0.2) is 52.1 Å². The van der Waals surface area contributed by atoms with Crippen molar-refractivity contribution in [3.8, 4) is 11.9 Å². The van der Waals surface area contributed by atoms with E-state index in [1.807, 2.05) is 6.07 Å². The van der Waals surface area contributed by atoms with E-state index in [2.05, 4.69) is 9.71 Å². The zero-order valence-electron chi connectivity index (χ0n) is 17.9. The zero-order valence-corrected chi connectivity index (χ0v) is 19.4. The summed E-state index contributed by atoms with van der Waals surface area (Å²) in [5.41, 5.74) is 0.496. The fourth-order valence-corrected chi connectivity index (χ4v) is 4.72. The second kappa shape index (κ2) is 10.1. The van der Waals surface area contributed by atoms with Gasteiger partial charge in [0.05, 0.1) is 31.0 Å². The summed E-state index contributed by atoms with van der Waals surface area (Å²) in [4.78, 5) is 30.4. The SMILES string of the molecule is CCOC(=O)c1cc(C#N)c(N2CC(C(=O)NS(=O)(=O)Cc3ccccc3Cl)C2)nc1OC. The lowest BCUT2D eigenvalue weighted by molar-refractivity contribution is -0.123. The zero-order chi connectivity index (χ0) is 24.2. The quantitative estimate of drug-likeness (QED) is 0.547. The number of sulfonamides is 1. The van der Waals surface area contributed by atoms with Gasteiger partial charge in [0.1, 0.15) is 11.6 Å². The molecule has 3 rings (SSSR count). The first-order valence-electron chi connectivity index (χ1n) is 9.88. The van der Waals surface area contributed by atoms with Crippen LogP contribution in [0.2, 0.25) is 5.02 Å². The van der Waals surface area contributed by atoms with Crippen LogP contribution in [-0.2, 0) is 25.3 Å². The highest BCUT2D eigenvalue weighted by Crippen LogP contribution is 2.31. The molecule has 33 heavy (non-hydrogen) atoms. The number of pyridine rings is 1. The maximum atomic E-state index is 12.5. The van der Waals surface area contributed by atoms with Crippen LogP contribution in [0.3, 0.4) is 0 Å². The summed E-state index contributed by atoms with van der Waals surface area (Å²) in [7, 11) is -2.62. The Balaban J connectivity index is 1.69. The van der Waals surface area contributed by atoms with Crippen molar-refractivity contribution in [1.29, 1.82) is 5.26 Å². The van der Waals surface area contributed by atoms with Crippen LogP contribution in [0.15, 0.2) is 30.3 Å². The lowest BCUT2D eigenvalue weighted by Crippen LogP contribution is -2.55. The Bertz CT molecular complexity index is 1220. The van der Waals surface area contributed by atoms with Gasteiger partial charge in [0.2, 0.25) is 21.8 Å². The van der Waals surface area contributed by atoms with Crippen LogP contribution in [0.1, 0.15) is 28.4 Å². The second-order valence-electron chi connectivity index (χ2n) is 7.17. The minimum Gasteiger partial charge on any atom is -0.480 e. The highest BCUT2D eigenvalue weighted by atomic mass is 35.5. The van der Waals surface area contributed by atoms with Gasteiger partial charge in [0, 0.05) is 18.1 Å². The molecule has 0 unspecified atom stereocenters. The Morgan fingerprint density at radius 1 is 1.33 bits per heavy atom. The van der Waals surface area contributed by atoms with Crippen molar-refractivity contribution in [2.75, 3.05) is 31.7 Å². The van der Waals surface area contributed by atoms with E-state index in [-0.39, 0.29) is 42.5 Å². The van der Waals surface area contributed by atoms with Gasteiger partial charge < -0.3 is 14.4 Å². The molecule has 1 aromatic carbocycles. The van der Waals surface area contributed by atoms with Crippen LogP contribution in [0, 0.1) is 17.2 Å². The number of halogens is 1. The number of carbonyl (C=O) groups is 2. The molecule has 1 saturated heterocycles.